The van der Waals surface area contributed by atoms with Crippen molar-refractivity contribution in [2.24, 2.45) is 0 Å². The fourth-order valence-electron chi connectivity index (χ4n) is 1.75. The van der Waals surface area contributed by atoms with Gasteiger partial charge in [0.25, 0.3) is 0 Å². The first-order valence-corrected chi connectivity index (χ1v) is 5.97. The van der Waals surface area contributed by atoms with E-state index in [1.807, 2.05) is 30.3 Å². The van der Waals surface area contributed by atoms with E-state index in [1.165, 1.54) is 12.6 Å². The van der Waals surface area contributed by atoms with Gasteiger partial charge >= 0.3 is 0 Å². The van der Waals surface area contributed by atoms with E-state index in [1.54, 1.807) is 6.20 Å². The number of aromatic amines is 1. The summed E-state index contributed by atoms with van der Waals surface area (Å²) >= 11 is 0. The number of aromatic nitrogens is 5. The number of hydrogen-bond donors (Lipinski definition) is 2. The number of hydrogen-bond acceptors (Lipinski definition) is 7. The lowest BCUT2D eigenvalue weighted by atomic mass is 10.1. The molecule has 102 valence electrons. The molecule has 3 rings (SSSR count). The lowest BCUT2D eigenvalue weighted by Crippen LogP contribution is -1.94. The van der Waals surface area contributed by atoms with E-state index in [0.29, 0.717) is 5.76 Å². The molecule has 0 spiro atoms. The Balaban J connectivity index is 1.91. The Morgan fingerprint density at radius 1 is 1.38 bits per heavy atom. The predicted molar refractivity (Wildman–Crippen MR) is 73.3 cm³/mol. The first kappa shape index (κ1) is 12.6. The van der Waals surface area contributed by atoms with Crippen LogP contribution in [0.3, 0.4) is 0 Å². The third-order valence-corrected chi connectivity index (χ3v) is 2.70. The summed E-state index contributed by atoms with van der Waals surface area (Å²) in [6, 6.07) is 9.51. The number of oxazole rings is 1. The summed E-state index contributed by atoms with van der Waals surface area (Å²) in [6.07, 6.45) is 4.50. The lowest BCUT2D eigenvalue weighted by molar-refractivity contribution is 0.572. The number of tetrazole rings is 1. The summed E-state index contributed by atoms with van der Waals surface area (Å²) in [4.78, 5) is 3.90. The number of allylic oxidation sites excluding steroid dienone is 1. The quantitative estimate of drug-likeness (QED) is 0.699. The molecule has 2 heterocycles. The van der Waals surface area contributed by atoms with E-state index in [9.17, 15) is 0 Å². The van der Waals surface area contributed by atoms with Crippen LogP contribution in [0.1, 0.15) is 5.82 Å². The van der Waals surface area contributed by atoms with Crippen molar-refractivity contribution in [3.8, 4) is 17.4 Å². The summed E-state index contributed by atoms with van der Waals surface area (Å²) in [5.41, 5.74) is 1.86. The van der Waals surface area contributed by atoms with E-state index < -0.39 is 0 Å². The normalized spacial score (nSPS) is 11.1. The average molecular weight is 279 g/mol. The topological polar surface area (TPSA) is 116 Å². The molecule has 0 aliphatic heterocycles. The molecule has 0 fully saturated rings. The molecule has 3 aromatic rings. The SMILES string of the molecule is N#CC(=CNc1ccccc1-c1cnco1)c1nn[nH]n1. The van der Waals surface area contributed by atoms with Crippen LogP contribution in [0.15, 0.2) is 47.5 Å². The van der Waals surface area contributed by atoms with Gasteiger partial charge in [0, 0.05) is 17.5 Å². The maximum Gasteiger partial charge on any atom is 0.216 e. The monoisotopic (exact) mass is 279 g/mol. The highest BCUT2D eigenvalue weighted by molar-refractivity contribution is 5.79. The van der Waals surface area contributed by atoms with Crippen molar-refractivity contribution >= 4 is 11.3 Å². The second-order valence-corrected chi connectivity index (χ2v) is 3.96. The molecule has 0 saturated heterocycles. The Kier molecular flexibility index (Phi) is 3.39. The number of H-pyrrole nitrogens is 1. The molecule has 2 N–H and O–H groups in total. The molecule has 0 aliphatic carbocycles. The molecule has 8 heteroatoms. The van der Waals surface area contributed by atoms with Gasteiger partial charge in [0.05, 0.1) is 6.20 Å². The maximum atomic E-state index is 9.12. The Morgan fingerprint density at radius 2 is 2.29 bits per heavy atom. The summed E-state index contributed by atoms with van der Waals surface area (Å²) in [5, 5.41) is 25.4. The Labute approximate surface area is 119 Å². The van der Waals surface area contributed by atoms with Crippen molar-refractivity contribution in [3.05, 3.63) is 48.9 Å². The lowest BCUT2D eigenvalue weighted by Gasteiger charge is -2.06. The second-order valence-electron chi connectivity index (χ2n) is 3.96. The molecule has 0 saturated carbocycles. The van der Waals surface area contributed by atoms with Gasteiger partial charge in [-0.25, -0.2) is 4.98 Å². The third-order valence-electron chi connectivity index (χ3n) is 2.70. The van der Waals surface area contributed by atoms with E-state index in [-0.39, 0.29) is 11.4 Å². The van der Waals surface area contributed by atoms with Gasteiger partial charge in [0.15, 0.2) is 12.2 Å². The molecule has 0 atom stereocenters. The summed E-state index contributed by atoms with van der Waals surface area (Å²) in [5.74, 6) is 0.853. The van der Waals surface area contributed by atoms with Crippen LogP contribution < -0.4 is 5.32 Å². The van der Waals surface area contributed by atoms with Crippen LogP contribution in [-0.2, 0) is 0 Å². The van der Waals surface area contributed by atoms with Crippen LogP contribution in [0.25, 0.3) is 16.9 Å². The summed E-state index contributed by atoms with van der Waals surface area (Å²) in [6.45, 7) is 0. The zero-order chi connectivity index (χ0) is 14.5. The number of para-hydroxylation sites is 1. The fourth-order valence-corrected chi connectivity index (χ4v) is 1.75. The van der Waals surface area contributed by atoms with E-state index in [2.05, 4.69) is 30.9 Å². The van der Waals surface area contributed by atoms with E-state index in [4.69, 9.17) is 9.68 Å². The van der Waals surface area contributed by atoms with Crippen LogP contribution in [0.5, 0.6) is 0 Å². The highest BCUT2D eigenvalue weighted by Gasteiger charge is 2.09. The standard InChI is InChI=1S/C13H9N7O/c14-5-9(13-17-19-20-18-13)6-16-11-4-2-1-3-10(11)12-7-15-8-21-12/h1-4,6-8,16H,(H,17,18,19,20). The van der Waals surface area contributed by atoms with Gasteiger partial charge in [-0.3, -0.25) is 0 Å². The molecule has 0 aliphatic rings. The van der Waals surface area contributed by atoms with Gasteiger partial charge in [0.1, 0.15) is 11.6 Å². The molecular weight excluding hydrogens is 270 g/mol. The molecule has 1 aromatic carbocycles. The predicted octanol–water partition coefficient (Wildman–Crippen LogP) is 1.83. The average Bonchev–Trinajstić information content (AvgIpc) is 3.22. The van der Waals surface area contributed by atoms with Gasteiger partial charge in [-0.05, 0) is 17.3 Å². The number of anilines is 1. The molecular formula is C13H9N7O. The molecule has 0 unspecified atom stereocenters. The van der Waals surface area contributed by atoms with Crippen LogP contribution >= 0.6 is 0 Å². The second kappa shape index (κ2) is 5.66. The molecule has 0 radical (unpaired) electrons. The van der Waals surface area contributed by atoms with Gasteiger partial charge < -0.3 is 9.73 Å². The minimum atomic E-state index is 0.224. The number of nitrogens with one attached hydrogen (secondary N) is 2. The highest BCUT2D eigenvalue weighted by atomic mass is 16.3. The van der Waals surface area contributed by atoms with Gasteiger partial charge in [0.2, 0.25) is 5.82 Å². The maximum absolute atomic E-state index is 9.12. The number of benzene rings is 1. The minimum absolute atomic E-state index is 0.224. The Morgan fingerprint density at radius 3 is 3.00 bits per heavy atom. The first-order chi connectivity index (χ1) is 10.4. The molecule has 2 aromatic heterocycles. The fraction of sp³-hybridized carbons (Fsp3) is 0. The van der Waals surface area contributed by atoms with Crippen LogP contribution in [-0.4, -0.2) is 25.6 Å². The van der Waals surface area contributed by atoms with Crippen LogP contribution in [0, 0.1) is 11.3 Å². The molecule has 8 nitrogen and oxygen atoms in total. The van der Waals surface area contributed by atoms with Crippen molar-refractivity contribution in [1.29, 1.82) is 5.26 Å². The Bertz CT molecular complexity index is 784. The summed E-state index contributed by atoms with van der Waals surface area (Å²) < 4.78 is 5.29. The molecule has 0 bridgehead atoms. The van der Waals surface area contributed by atoms with Crippen molar-refractivity contribution in [2.45, 2.75) is 0 Å². The first-order valence-electron chi connectivity index (χ1n) is 5.97. The third kappa shape index (κ3) is 2.62. The highest BCUT2D eigenvalue weighted by Crippen LogP contribution is 2.27. The van der Waals surface area contributed by atoms with Gasteiger partial charge in [-0.2, -0.15) is 10.5 Å². The molecule has 0 amide bonds. The van der Waals surface area contributed by atoms with E-state index in [0.717, 1.165) is 11.3 Å². The van der Waals surface area contributed by atoms with Crippen molar-refractivity contribution in [3.63, 3.8) is 0 Å². The van der Waals surface area contributed by atoms with Crippen molar-refractivity contribution < 1.29 is 4.42 Å². The van der Waals surface area contributed by atoms with Crippen molar-refractivity contribution in [2.75, 3.05) is 5.32 Å². The number of nitriles is 1. The van der Waals surface area contributed by atoms with Gasteiger partial charge in [-0.15, -0.1) is 10.2 Å². The summed E-state index contributed by atoms with van der Waals surface area (Å²) in [7, 11) is 0. The molecule has 21 heavy (non-hydrogen) atoms. The number of rotatable bonds is 4. The van der Waals surface area contributed by atoms with E-state index >= 15 is 0 Å². The van der Waals surface area contributed by atoms with Crippen molar-refractivity contribution in [1.82, 2.24) is 25.6 Å². The van der Waals surface area contributed by atoms with Gasteiger partial charge in [-0.1, -0.05) is 12.1 Å². The Hall–Kier alpha value is -3.47. The van der Waals surface area contributed by atoms with Crippen LogP contribution in [0.4, 0.5) is 5.69 Å². The van der Waals surface area contributed by atoms with Crippen LogP contribution in [0.2, 0.25) is 0 Å². The zero-order valence-corrected chi connectivity index (χ0v) is 10.7. The zero-order valence-electron chi connectivity index (χ0n) is 10.7. The smallest absolute Gasteiger partial charge is 0.216 e. The largest absolute Gasteiger partial charge is 0.443 e. The number of nitrogens with zero attached hydrogens (tertiary/aromatic N) is 5. The minimum Gasteiger partial charge on any atom is -0.443 e.